The molecule has 22 heavy (non-hydrogen) atoms. The highest BCUT2D eigenvalue weighted by Gasteiger charge is 2.55. The van der Waals surface area contributed by atoms with Crippen molar-refractivity contribution in [3.8, 4) is 0 Å². The molecule has 2 atom stereocenters. The summed E-state index contributed by atoms with van der Waals surface area (Å²) in [5.74, 6) is -0.906. The van der Waals surface area contributed by atoms with Gasteiger partial charge in [0.25, 0.3) is 5.91 Å². The number of carbonyl (C=O) groups excluding carboxylic acids is 2. The van der Waals surface area contributed by atoms with E-state index >= 15 is 0 Å². The Morgan fingerprint density at radius 2 is 2.18 bits per heavy atom. The van der Waals surface area contributed by atoms with Crippen molar-refractivity contribution in [2.45, 2.75) is 24.3 Å². The largest absolute Gasteiger partial charge is 0.481 e. The monoisotopic (exact) mass is 320 g/mol. The number of hydrogen-bond donors (Lipinski definition) is 2. The molecule has 0 radical (unpaired) electrons. The van der Waals surface area contributed by atoms with Crippen molar-refractivity contribution in [1.29, 1.82) is 0 Å². The fraction of sp³-hybridized carbons (Fsp3) is 0.400. The second-order valence-electron chi connectivity index (χ2n) is 5.60. The van der Waals surface area contributed by atoms with E-state index in [4.69, 9.17) is 5.11 Å². The molecule has 116 valence electrons. The molecule has 1 fully saturated rings. The summed E-state index contributed by atoms with van der Waals surface area (Å²) >= 11 is 1.56. The summed E-state index contributed by atoms with van der Waals surface area (Å²) in [6.45, 7) is 1.80. The number of carboxylic acid groups (broad SMARTS) is 1. The molecule has 7 heteroatoms. The molecule has 0 saturated carbocycles. The van der Waals surface area contributed by atoms with E-state index in [1.807, 2.05) is 18.2 Å². The van der Waals surface area contributed by atoms with Gasteiger partial charge in [-0.2, -0.15) is 0 Å². The van der Waals surface area contributed by atoms with Crippen LogP contribution in [-0.2, 0) is 9.59 Å². The summed E-state index contributed by atoms with van der Waals surface area (Å²) < 4.78 is 0. The molecule has 2 aliphatic heterocycles. The molecule has 2 amide bonds. The van der Waals surface area contributed by atoms with Crippen LogP contribution in [0, 0.1) is 0 Å². The summed E-state index contributed by atoms with van der Waals surface area (Å²) in [4.78, 5) is 37.3. The van der Waals surface area contributed by atoms with E-state index in [1.54, 1.807) is 29.7 Å². The van der Waals surface area contributed by atoms with Crippen LogP contribution in [0.25, 0.3) is 0 Å². The lowest BCUT2D eigenvalue weighted by Gasteiger charge is -2.32. The Morgan fingerprint density at radius 1 is 1.45 bits per heavy atom. The van der Waals surface area contributed by atoms with Crippen molar-refractivity contribution in [3.63, 3.8) is 0 Å². The topological polar surface area (TPSA) is 86.7 Å². The molecule has 0 aromatic heterocycles. The van der Waals surface area contributed by atoms with Crippen LogP contribution >= 0.6 is 11.8 Å². The normalized spacial score (nSPS) is 25.8. The standard InChI is InChI=1S/C15H16N2O4S/c1-15(14(21)16-7-6-11(18)19)8-22-13-10-5-3-2-4-9(10)12(20)17(13)15/h2-5,13H,6-8H2,1H3,(H,16,21)(H,18,19)/t13-,15+/m1/s1. The van der Waals surface area contributed by atoms with Gasteiger partial charge in [0.2, 0.25) is 5.91 Å². The molecule has 0 spiro atoms. The maximum absolute atomic E-state index is 12.6. The van der Waals surface area contributed by atoms with E-state index in [-0.39, 0.29) is 30.2 Å². The highest BCUT2D eigenvalue weighted by atomic mass is 32.2. The van der Waals surface area contributed by atoms with Gasteiger partial charge in [-0.25, -0.2) is 0 Å². The summed E-state index contributed by atoms with van der Waals surface area (Å²) in [6, 6.07) is 7.39. The first kappa shape index (κ1) is 14.9. The average molecular weight is 320 g/mol. The summed E-state index contributed by atoms with van der Waals surface area (Å²) in [5, 5.41) is 11.1. The zero-order valence-corrected chi connectivity index (χ0v) is 12.9. The summed E-state index contributed by atoms with van der Waals surface area (Å²) in [6.07, 6.45) is -0.132. The van der Waals surface area contributed by atoms with Gasteiger partial charge in [0.05, 0.1) is 6.42 Å². The number of carboxylic acids is 1. The number of hydrogen-bond acceptors (Lipinski definition) is 4. The van der Waals surface area contributed by atoms with Gasteiger partial charge in [-0.15, -0.1) is 11.8 Å². The maximum atomic E-state index is 12.6. The van der Waals surface area contributed by atoms with Crippen LogP contribution in [0.1, 0.15) is 34.6 Å². The van der Waals surface area contributed by atoms with Gasteiger partial charge < -0.3 is 15.3 Å². The number of nitrogens with one attached hydrogen (secondary N) is 1. The third kappa shape index (κ3) is 2.16. The molecule has 0 bridgehead atoms. The van der Waals surface area contributed by atoms with Gasteiger partial charge >= 0.3 is 5.97 Å². The fourth-order valence-corrected chi connectivity index (χ4v) is 4.50. The third-order valence-corrected chi connectivity index (χ3v) is 5.59. The van der Waals surface area contributed by atoms with E-state index in [1.165, 1.54) is 0 Å². The van der Waals surface area contributed by atoms with Crippen molar-refractivity contribution < 1.29 is 19.5 Å². The molecule has 1 aromatic carbocycles. The van der Waals surface area contributed by atoms with E-state index < -0.39 is 11.5 Å². The summed E-state index contributed by atoms with van der Waals surface area (Å²) in [7, 11) is 0. The van der Waals surface area contributed by atoms with E-state index in [0.717, 1.165) is 5.56 Å². The Balaban J connectivity index is 1.81. The van der Waals surface area contributed by atoms with E-state index in [2.05, 4.69) is 5.32 Å². The first-order chi connectivity index (χ1) is 10.4. The third-order valence-electron chi connectivity index (χ3n) is 4.08. The number of aliphatic carboxylic acids is 1. The predicted molar refractivity (Wildman–Crippen MR) is 81.5 cm³/mol. The minimum absolute atomic E-state index is 0.0636. The first-order valence-corrected chi connectivity index (χ1v) is 8.04. The van der Waals surface area contributed by atoms with E-state index in [0.29, 0.717) is 11.3 Å². The number of rotatable bonds is 4. The lowest BCUT2D eigenvalue weighted by molar-refractivity contribution is -0.137. The quantitative estimate of drug-likeness (QED) is 0.871. The van der Waals surface area contributed by atoms with Crippen molar-refractivity contribution in [1.82, 2.24) is 10.2 Å². The number of nitrogens with zero attached hydrogens (tertiary/aromatic N) is 1. The minimum Gasteiger partial charge on any atom is -0.481 e. The first-order valence-electron chi connectivity index (χ1n) is 6.99. The molecule has 2 heterocycles. The van der Waals surface area contributed by atoms with Gasteiger partial charge in [0.1, 0.15) is 10.9 Å². The Kier molecular flexibility index (Phi) is 3.60. The zero-order chi connectivity index (χ0) is 15.9. The molecule has 6 nitrogen and oxygen atoms in total. The van der Waals surface area contributed by atoms with Crippen molar-refractivity contribution >= 4 is 29.5 Å². The molecule has 1 aromatic rings. The fourth-order valence-electron chi connectivity index (χ4n) is 2.89. The van der Waals surface area contributed by atoms with Crippen LogP contribution in [0.4, 0.5) is 0 Å². The molecule has 2 N–H and O–H groups in total. The van der Waals surface area contributed by atoms with Crippen LogP contribution in [-0.4, -0.2) is 45.6 Å². The number of benzene rings is 1. The van der Waals surface area contributed by atoms with Gasteiger partial charge in [0, 0.05) is 17.9 Å². The van der Waals surface area contributed by atoms with Gasteiger partial charge in [-0.05, 0) is 18.6 Å². The Morgan fingerprint density at radius 3 is 2.91 bits per heavy atom. The number of carbonyl (C=O) groups is 3. The average Bonchev–Trinajstić information content (AvgIpc) is 2.98. The van der Waals surface area contributed by atoms with Crippen LogP contribution in [0.15, 0.2) is 24.3 Å². The number of fused-ring (bicyclic) bond motifs is 3. The highest BCUT2D eigenvalue weighted by molar-refractivity contribution is 7.99. The summed E-state index contributed by atoms with van der Waals surface area (Å²) in [5.41, 5.74) is 0.632. The van der Waals surface area contributed by atoms with Crippen LogP contribution < -0.4 is 5.32 Å². The molecule has 0 aliphatic carbocycles. The molecule has 0 unspecified atom stereocenters. The lowest BCUT2D eigenvalue weighted by Crippen LogP contribution is -2.56. The van der Waals surface area contributed by atoms with Crippen LogP contribution in [0.2, 0.25) is 0 Å². The molecular weight excluding hydrogens is 304 g/mol. The Hall–Kier alpha value is -2.02. The second-order valence-corrected chi connectivity index (χ2v) is 6.67. The number of amides is 2. The lowest BCUT2D eigenvalue weighted by atomic mass is 10.0. The predicted octanol–water partition coefficient (Wildman–Crippen LogP) is 1.24. The van der Waals surface area contributed by atoms with E-state index in [9.17, 15) is 14.4 Å². The maximum Gasteiger partial charge on any atom is 0.305 e. The number of thioether (sulfide) groups is 1. The zero-order valence-electron chi connectivity index (χ0n) is 12.0. The molecule has 3 rings (SSSR count). The smallest absolute Gasteiger partial charge is 0.305 e. The minimum atomic E-state index is -0.964. The Labute approximate surface area is 131 Å². The Bertz CT molecular complexity index is 663. The van der Waals surface area contributed by atoms with Gasteiger partial charge in [0.15, 0.2) is 0 Å². The van der Waals surface area contributed by atoms with Crippen LogP contribution in [0.3, 0.4) is 0 Å². The van der Waals surface area contributed by atoms with Crippen molar-refractivity contribution in [2.75, 3.05) is 12.3 Å². The van der Waals surface area contributed by atoms with Crippen molar-refractivity contribution in [3.05, 3.63) is 35.4 Å². The highest BCUT2D eigenvalue weighted by Crippen LogP contribution is 2.52. The second kappa shape index (κ2) is 5.31. The SMILES string of the molecule is C[C@@]1(C(=O)NCCC(=O)O)CS[C@@H]2c3ccccc3C(=O)N21. The molecular formula is C15H16N2O4S. The van der Waals surface area contributed by atoms with Crippen LogP contribution in [0.5, 0.6) is 0 Å². The van der Waals surface area contributed by atoms with Gasteiger partial charge in [-0.3, -0.25) is 14.4 Å². The van der Waals surface area contributed by atoms with Crippen molar-refractivity contribution in [2.24, 2.45) is 0 Å². The molecule has 1 saturated heterocycles. The molecule has 2 aliphatic rings. The van der Waals surface area contributed by atoms with Gasteiger partial charge in [-0.1, -0.05) is 18.2 Å².